The summed E-state index contributed by atoms with van der Waals surface area (Å²) in [6.45, 7) is 8.94. The normalized spacial score (nSPS) is 23.3. The van der Waals surface area contributed by atoms with E-state index in [1.807, 2.05) is 13.8 Å². The van der Waals surface area contributed by atoms with Gasteiger partial charge in [-0.1, -0.05) is 19.8 Å². The van der Waals surface area contributed by atoms with Gasteiger partial charge in [-0.15, -0.1) is 12.4 Å². The molecule has 0 bridgehead atoms. The largest absolute Gasteiger partial charge is 0.353 e. The highest BCUT2D eigenvalue weighted by molar-refractivity contribution is 5.85. The highest BCUT2D eigenvalue weighted by Crippen LogP contribution is 2.15. The topological polar surface area (TPSA) is 58.4 Å². The average Bonchev–Trinajstić information content (AvgIpc) is 2.31. The molecular weight excluding hydrogens is 262 g/mol. The van der Waals surface area contributed by atoms with Gasteiger partial charge < -0.3 is 11.1 Å². The van der Waals surface area contributed by atoms with Gasteiger partial charge in [-0.05, 0) is 39.7 Å². The summed E-state index contributed by atoms with van der Waals surface area (Å²) < 4.78 is 0. The third kappa shape index (κ3) is 6.11. The molecule has 19 heavy (non-hydrogen) atoms. The lowest BCUT2D eigenvalue weighted by Gasteiger charge is -2.33. The Kier molecular flexibility index (Phi) is 8.62. The summed E-state index contributed by atoms with van der Waals surface area (Å²) in [5.41, 5.74) is 5.27. The zero-order chi connectivity index (χ0) is 13.6. The molecule has 114 valence electrons. The summed E-state index contributed by atoms with van der Waals surface area (Å²) >= 11 is 0. The van der Waals surface area contributed by atoms with Crippen LogP contribution in [0.5, 0.6) is 0 Å². The van der Waals surface area contributed by atoms with E-state index in [1.54, 1.807) is 0 Å². The van der Waals surface area contributed by atoms with Gasteiger partial charge in [-0.2, -0.15) is 0 Å². The number of carbonyl (C=O) groups excluding carboxylic acids is 1. The van der Waals surface area contributed by atoms with Crippen LogP contribution < -0.4 is 11.1 Å². The monoisotopic (exact) mass is 291 g/mol. The minimum absolute atomic E-state index is 0. The van der Waals surface area contributed by atoms with E-state index in [2.05, 4.69) is 17.1 Å². The lowest BCUT2D eigenvalue weighted by atomic mass is 9.96. The maximum atomic E-state index is 11.9. The second-order valence-electron chi connectivity index (χ2n) is 5.80. The summed E-state index contributed by atoms with van der Waals surface area (Å²) in [7, 11) is 0. The number of halogens is 1. The second-order valence-corrected chi connectivity index (χ2v) is 5.80. The summed E-state index contributed by atoms with van der Waals surface area (Å²) in [4.78, 5) is 14.4. The second kappa shape index (κ2) is 8.77. The molecule has 0 aromatic rings. The van der Waals surface area contributed by atoms with Crippen LogP contribution >= 0.6 is 12.4 Å². The Bertz CT molecular complexity index is 271. The van der Waals surface area contributed by atoms with E-state index in [1.165, 1.54) is 19.3 Å². The fraction of sp³-hybridized carbons (Fsp3) is 0.929. The van der Waals surface area contributed by atoms with Crippen LogP contribution in [-0.4, -0.2) is 42.0 Å². The van der Waals surface area contributed by atoms with Crippen LogP contribution in [0.3, 0.4) is 0 Å². The van der Waals surface area contributed by atoms with Crippen molar-refractivity contribution in [2.45, 2.75) is 64.5 Å². The molecule has 0 saturated carbocycles. The van der Waals surface area contributed by atoms with Crippen LogP contribution in [0.25, 0.3) is 0 Å². The molecule has 5 heteroatoms. The zero-order valence-corrected chi connectivity index (χ0v) is 13.4. The maximum absolute atomic E-state index is 11.9. The van der Waals surface area contributed by atoms with Gasteiger partial charge in [0.25, 0.3) is 0 Å². The molecule has 1 aliphatic heterocycles. The Hall–Kier alpha value is -0.320. The first-order chi connectivity index (χ1) is 8.47. The summed E-state index contributed by atoms with van der Waals surface area (Å²) in [6, 6.07) is 0.649. The van der Waals surface area contributed by atoms with Crippen molar-refractivity contribution in [2.24, 2.45) is 5.73 Å². The first-order valence-electron chi connectivity index (χ1n) is 7.28. The molecule has 0 spiro atoms. The van der Waals surface area contributed by atoms with E-state index in [0.717, 1.165) is 25.9 Å². The van der Waals surface area contributed by atoms with Crippen molar-refractivity contribution >= 4 is 18.3 Å². The van der Waals surface area contributed by atoms with E-state index in [4.69, 9.17) is 5.73 Å². The predicted molar refractivity (Wildman–Crippen MR) is 82.6 cm³/mol. The molecule has 0 aromatic carbocycles. The number of nitrogens with zero attached hydrogens (tertiary/aromatic N) is 1. The van der Waals surface area contributed by atoms with Crippen LogP contribution in [0.2, 0.25) is 0 Å². The quantitative estimate of drug-likeness (QED) is 0.786. The first kappa shape index (κ1) is 18.7. The minimum atomic E-state index is -0.720. The van der Waals surface area contributed by atoms with Crippen molar-refractivity contribution in [1.82, 2.24) is 10.2 Å². The number of amides is 1. The first-order valence-corrected chi connectivity index (χ1v) is 7.28. The Morgan fingerprint density at radius 2 is 2.16 bits per heavy atom. The van der Waals surface area contributed by atoms with E-state index in [-0.39, 0.29) is 18.3 Å². The fourth-order valence-electron chi connectivity index (χ4n) is 2.64. The molecule has 1 rings (SSSR count). The van der Waals surface area contributed by atoms with Gasteiger partial charge in [-0.25, -0.2) is 0 Å². The van der Waals surface area contributed by atoms with Crippen LogP contribution in [-0.2, 0) is 4.79 Å². The Labute approximate surface area is 123 Å². The molecule has 2 unspecified atom stereocenters. The Morgan fingerprint density at radius 3 is 2.74 bits per heavy atom. The summed E-state index contributed by atoms with van der Waals surface area (Å²) in [5, 5.41) is 2.97. The zero-order valence-electron chi connectivity index (χ0n) is 12.6. The van der Waals surface area contributed by atoms with Crippen LogP contribution in [0.15, 0.2) is 0 Å². The molecule has 1 aliphatic rings. The summed E-state index contributed by atoms with van der Waals surface area (Å²) in [5.74, 6) is -0.0194. The van der Waals surface area contributed by atoms with Crippen molar-refractivity contribution < 1.29 is 4.79 Å². The van der Waals surface area contributed by atoms with Gasteiger partial charge in [-0.3, -0.25) is 9.69 Å². The van der Waals surface area contributed by atoms with Gasteiger partial charge >= 0.3 is 0 Å². The molecule has 4 nitrogen and oxygen atoms in total. The minimum Gasteiger partial charge on any atom is -0.353 e. The van der Waals surface area contributed by atoms with E-state index >= 15 is 0 Å². The van der Waals surface area contributed by atoms with E-state index < -0.39 is 5.54 Å². The van der Waals surface area contributed by atoms with Gasteiger partial charge in [0, 0.05) is 19.1 Å². The predicted octanol–water partition coefficient (Wildman–Crippen LogP) is 1.92. The van der Waals surface area contributed by atoms with Gasteiger partial charge in [0.1, 0.15) is 0 Å². The van der Waals surface area contributed by atoms with Crippen molar-refractivity contribution in [3.63, 3.8) is 0 Å². The lowest BCUT2D eigenvalue weighted by molar-refractivity contribution is -0.126. The van der Waals surface area contributed by atoms with Crippen molar-refractivity contribution in [2.75, 3.05) is 19.6 Å². The maximum Gasteiger partial charge on any atom is 0.239 e. The number of nitrogens with one attached hydrogen (secondary N) is 1. The van der Waals surface area contributed by atoms with Gasteiger partial charge in [0.15, 0.2) is 0 Å². The Balaban J connectivity index is 0.00000324. The SMILES string of the molecule is CCCC(C)(N)C(=O)NCCN1CCCCC1C.Cl. The molecule has 0 aromatic heterocycles. The van der Waals surface area contributed by atoms with Crippen LogP contribution in [0, 0.1) is 0 Å². The van der Waals surface area contributed by atoms with Crippen molar-refractivity contribution in [1.29, 1.82) is 0 Å². The highest BCUT2D eigenvalue weighted by atomic mass is 35.5. The van der Waals surface area contributed by atoms with Gasteiger partial charge in [0.05, 0.1) is 5.54 Å². The number of hydrogen-bond donors (Lipinski definition) is 2. The number of piperidine rings is 1. The standard InChI is InChI=1S/C14H29N3O.ClH/c1-4-8-14(3,15)13(18)16-9-11-17-10-6-5-7-12(17)2;/h12H,4-11,15H2,1-3H3,(H,16,18);1H. The van der Waals surface area contributed by atoms with E-state index in [0.29, 0.717) is 12.6 Å². The van der Waals surface area contributed by atoms with Crippen molar-refractivity contribution in [3.05, 3.63) is 0 Å². The number of hydrogen-bond acceptors (Lipinski definition) is 3. The highest BCUT2D eigenvalue weighted by Gasteiger charge is 2.27. The third-order valence-corrected chi connectivity index (χ3v) is 3.91. The third-order valence-electron chi connectivity index (χ3n) is 3.91. The molecule has 1 saturated heterocycles. The van der Waals surface area contributed by atoms with Gasteiger partial charge in [0.2, 0.25) is 5.91 Å². The average molecular weight is 292 g/mol. The summed E-state index contributed by atoms with van der Waals surface area (Å²) in [6.07, 6.45) is 5.56. The molecule has 1 amide bonds. The number of carbonyl (C=O) groups is 1. The number of likely N-dealkylation sites (tertiary alicyclic amines) is 1. The number of rotatable bonds is 6. The number of nitrogens with two attached hydrogens (primary N) is 1. The molecule has 2 atom stereocenters. The van der Waals surface area contributed by atoms with Crippen molar-refractivity contribution in [3.8, 4) is 0 Å². The Morgan fingerprint density at radius 1 is 1.47 bits per heavy atom. The van der Waals surface area contributed by atoms with Crippen LogP contribution in [0.1, 0.15) is 52.9 Å². The van der Waals surface area contributed by atoms with E-state index in [9.17, 15) is 4.79 Å². The molecule has 0 aliphatic carbocycles. The molecule has 1 heterocycles. The smallest absolute Gasteiger partial charge is 0.239 e. The molecule has 3 N–H and O–H groups in total. The molecular formula is C14H30ClN3O. The fourth-order valence-corrected chi connectivity index (χ4v) is 2.64. The molecule has 1 fully saturated rings. The van der Waals surface area contributed by atoms with Crippen LogP contribution in [0.4, 0.5) is 0 Å². The molecule has 0 radical (unpaired) electrons. The lowest BCUT2D eigenvalue weighted by Crippen LogP contribution is -2.53.